The zero-order chi connectivity index (χ0) is 11.1. The van der Waals surface area contributed by atoms with Gasteiger partial charge in [0.25, 0.3) is 0 Å². The third kappa shape index (κ3) is 4.32. The van der Waals surface area contributed by atoms with E-state index in [1.807, 2.05) is 12.2 Å². The van der Waals surface area contributed by atoms with Crippen LogP contribution in [0.3, 0.4) is 0 Å². The lowest BCUT2D eigenvalue weighted by Crippen LogP contribution is -2.86. The Morgan fingerprint density at radius 2 is 2.07 bits per heavy atom. The second-order valence-corrected chi connectivity index (χ2v) is 3.71. The summed E-state index contributed by atoms with van der Waals surface area (Å²) < 4.78 is 5.65. The molecule has 0 radical (unpaired) electrons. The van der Waals surface area contributed by atoms with Crippen molar-refractivity contribution in [3.05, 3.63) is 29.3 Å². The molecule has 0 aliphatic rings. The van der Waals surface area contributed by atoms with Gasteiger partial charge in [-0.1, -0.05) is 12.1 Å². The molecule has 15 heavy (non-hydrogen) atoms. The Morgan fingerprint density at radius 1 is 1.27 bits per heavy atom. The van der Waals surface area contributed by atoms with Crippen LogP contribution in [0.4, 0.5) is 0 Å². The van der Waals surface area contributed by atoms with Gasteiger partial charge in [0.2, 0.25) is 0 Å². The number of ether oxygens (including phenoxy) is 1. The highest BCUT2D eigenvalue weighted by molar-refractivity contribution is 5.35. The largest absolute Gasteiger partial charge is 0.487 e. The minimum Gasteiger partial charge on any atom is -0.487 e. The average Bonchev–Trinajstić information content (AvgIpc) is 2.23. The highest BCUT2D eigenvalue weighted by Gasteiger charge is 1.99. The molecule has 0 heterocycles. The molecular weight excluding hydrogens is 190 g/mol. The van der Waals surface area contributed by atoms with Crippen molar-refractivity contribution in [2.24, 2.45) is 0 Å². The summed E-state index contributed by atoms with van der Waals surface area (Å²) in [5.41, 5.74) is 2.39. The minimum atomic E-state index is 0.226. The Labute approximate surface area is 91.1 Å². The van der Waals surface area contributed by atoms with E-state index in [9.17, 15) is 0 Å². The molecule has 0 amide bonds. The van der Waals surface area contributed by atoms with E-state index in [2.05, 4.69) is 25.1 Å². The summed E-state index contributed by atoms with van der Waals surface area (Å²) in [7, 11) is 0. The molecule has 0 spiro atoms. The van der Waals surface area contributed by atoms with Crippen LogP contribution in [0.25, 0.3) is 0 Å². The number of hydrogen-bond acceptors (Lipinski definition) is 2. The van der Waals surface area contributed by atoms with Crippen LogP contribution in [0, 0.1) is 13.8 Å². The quantitative estimate of drug-likeness (QED) is 0.661. The smallest absolute Gasteiger partial charge is 0.137 e. The summed E-state index contributed by atoms with van der Waals surface area (Å²) >= 11 is 0. The van der Waals surface area contributed by atoms with Gasteiger partial charge < -0.3 is 15.2 Å². The number of benzene rings is 1. The molecule has 0 aliphatic carbocycles. The van der Waals surface area contributed by atoms with Crippen molar-refractivity contribution in [3.8, 4) is 5.75 Å². The van der Waals surface area contributed by atoms with Gasteiger partial charge >= 0.3 is 0 Å². The molecule has 3 heteroatoms. The van der Waals surface area contributed by atoms with E-state index in [0.717, 1.165) is 18.8 Å². The van der Waals surface area contributed by atoms with E-state index >= 15 is 0 Å². The van der Waals surface area contributed by atoms with Crippen LogP contribution in [0.2, 0.25) is 0 Å². The summed E-state index contributed by atoms with van der Waals surface area (Å²) in [4.78, 5) is 0. The van der Waals surface area contributed by atoms with Crippen molar-refractivity contribution in [1.29, 1.82) is 0 Å². The number of nitrogens with two attached hydrogens (primary N) is 1. The number of hydrogen-bond donors (Lipinski definition) is 2. The highest BCUT2D eigenvalue weighted by atomic mass is 16.5. The molecule has 0 saturated heterocycles. The number of quaternary nitrogens is 1. The maximum atomic E-state index is 8.59. The van der Waals surface area contributed by atoms with Gasteiger partial charge in [-0.2, -0.15) is 0 Å². The third-order valence-corrected chi connectivity index (χ3v) is 2.26. The van der Waals surface area contributed by atoms with E-state index < -0.39 is 0 Å². The molecule has 3 nitrogen and oxygen atoms in total. The SMILES string of the molecule is Cc1ccc(C)c(OCC[NH2+]CCO)c1. The van der Waals surface area contributed by atoms with Crippen LogP contribution < -0.4 is 10.1 Å². The van der Waals surface area contributed by atoms with Crippen molar-refractivity contribution in [2.75, 3.05) is 26.3 Å². The Hall–Kier alpha value is -1.06. The first-order chi connectivity index (χ1) is 7.24. The Morgan fingerprint density at radius 3 is 2.80 bits per heavy atom. The first kappa shape index (κ1) is 12.0. The van der Waals surface area contributed by atoms with Gasteiger partial charge in [-0.3, -0.25) is 0 Å². The van der Waals surface area contributed by atoms with Gasteiger partial charge in [-0.25, -0.2) is 0 Å². The van der Waals surface area contributed by atoms with Crippen molar-refractivity contribution < 1.29 is 15.2 Å². The Kier molecular flexibility index (Phi) is 5.15. The fourth-order valence-corrected chi connectivity index (χ4v) is 1.35. The van der Waals surface area contributed by atoms with E-state index in [1.54, 1.807) is 0 Å². The van der Waals surface area contributed by atoms with Crippen molar-refractivity contribution in [3.63, 3.8) is 0 Å². The summed E-state index contributed by atoms with van der Waals surface area (Å²) in [5.74, 6) is 0.965. The molecule has 0 atom stereocenters. The second kappa shape index (κ2) is 6.43. The average molecular weight is 210 g/mol. The Balaban J connectivity index is 2.33. The zero-order valence-corrected chi connectivity index (χ0v) is 9.49. The molecule has 1 rings (SSSR count). The van der Waals surface area contributed by atoms with E-state index in [1.165, 1.54) is 11.1 Å². The van der Waals surface area contributed by atoms with Gasteiger partial charge in [0.15, 0.2) is 0 Å². The maximum absolute atomic E-state index is 8.59. The topological polar surface area (TPSA) is 46.1 Å². The monoisotopic (exact) mass is 210 g/mol. The first-order valence-corrected chi connectivity index (χ1v) is 5.36. The molecule has 0 aliphatic heterocycles. The fraction of sp³-hybridized carbons (Fsp3) is 0.500. The molecule has 1 aromatic rings. The summed E-state index contributed by atoms with van der Waals surface area (Å²) in [5, 5.41) is 10.6. The second-order valence-electron chi connectivity index (χ2n) is 3.71. The Bertz CT molecular complexity index is 300. The standard InChI is InChI=1S/C12H19NO2/c1-10-3-4-11(2)12(9-10)15-8-6-13-5-7-14/h3-4,9,13-14H,5-8H2,1-2H3/p+1. The molecule has 0 unspecified atom stereocenters. The molecule has 1 aromatic carbocycles. The van der Waals surface area contributed by atoms with Crippen LogP contribution >= 0.6 is 0 Å². The van der Waals surface area contributed by atoms with E-state index in [0.29, 0.717) is 6.61 Å². The number of aliphatic hydroxyl groups excluding tert-OH is 1. The summed E-state index contributed by atoms with van der Waals surface area (Å²) in [6, 6.07) is 6.21. The lowest BCUT2D eigenvalue weighted by atomic mass is 10.1. The molecule has 84 valence electrons. The van der Waals surface area contributed by atoms with Gasteiger partial charge in [0, 0.05) is 0 Å². The van der Waals surface area contributed by atoms with Crippen LogP contribution in [-0.2, 0) is 0 Å². The third-order valence-electron chi connectivity index (χ3n) is 2.26. The summed E-state index contributed by atoms with van der Waals surface area (Å²) in [6.07, 6.45) is 0. The normalized spacial score (nSPS) is 10.3. The van der Waals surface area contributed by atoms with Crippen LogP contribution in [0.5, 0.6) is 5.75 Å². The molecule has 3 N–H and O–H groups in total. The van der Waals surface area contributed by atoms with Crippen LogP contribution in [-0.4, -0.2) is 31.4 Å². The van der Waals surface area contributed by atoms with Gasteiger partial charge in [-0.05, 0) is 31.0 Å². The lowest BCUT2D eigenvalue weighted by Gasteiger charge is -2.08. The minimum absolute atomic E-state index is 0.226. The fourth-order valence-electron chi connectivity index (χ4n) is 1.35. The van der Waals surface area contributed by atoms with E-state index in [-0.39, 0.29) is 6.61 Å². The first-order valence-electron chi connectivity index (χ1n) is 5.36. The van der Waals surface area contributed by atoms with Crippen molar-refractivity contribution in [2.45, 2.75) is 13.8 Å². The summed E-state index contributed by atoms with van der Waals surface area (Å²) in [6.45, 7) is 6.65. The number of rotatable bonds is 6. The molecular formula is C12H20NO2+. The van der Waals surface area contributed by atoms with Gasteiger partial charge in [-0.15, -0.1) is 0 Å². The predicted molar refractivity (Wildman–Crippen MR) is 60.2 cm³/mol. The molecule has 0 bridgehead atoms. The molecule has 0 saturated carbocycles. The van der Waals surface area contributed by atoms with Crippen LogP contribution in [0.15, 0.2) is 18.2 Å². The predicted octanol–water partition coefficient (Wildman–Crippen LogP) is 0.238. The van der Waals surface area contributed by atoms with Crippen LogP contribution in [0.1, 0.15) is 11.1 Å². The van der Waals surface area contributed by atoms with E-state index in [4.69, 9.17) is 9.84 Å². The number of aliphatic hydroxyl groups is 1. The lowest BCUT2D eigenvalue weighted by molar-refractivity contribution is -0.656. The van der Waals surface area contributed by atoms with Crippen molar-refractivity contribution in [1.82, 2.24) is 0 Å². The van der Waals surface area contributed by atoms with Crippen molar-refractivity contribution >= 4 is 0 Å². The van der Waals surface area contributed by atoms with Gasteiger partial charge in [0.1, 0.15) is 18.9 Å². The number of aryl methyl sites for hydroxylation is 2. The zero-order valence-electron chi connectivity index (χ0n) is 9.49. The van der Waals surface area contributed by atoms with Gasteiger partial charge in [0.05, 0.1) is 13.2 Å². The molecule has 0 aromatic heterocycles. The highest BCUT2D eigenvalue weighted by Crippen LogP contribution is 2.18. The molecule has 0 fully saturated rings. The maximum Gasteiger partial charge on any atom is 0.137 e.